The van der Waals surface area contributed by atoms with Gasteiger partial charge < -0.3 is 5.11 Å². The normalized spacial score (nSPS) is 13.2. The van der Waals surface area contributed by atoms with Gasteiger partial charge in [-0.25, -0.2) is 10.2 Å². The molecule has 220 valence electrons. The molecule has 0 atom stereocenters. The fourth-order valence-electron chi connectivity index (χ4n) is 5.31. The molecule has 0 unspecified atom stereocenters. The summed E-state index contributed by atoms with van der Waals surface area (Å²) in [6, 6.07) is 16.6. The van der Waals surface area contributed by atoms with Crippen molar-refractivity contribution in [1.82, 2.24) is 25.7 Å². The van der Waals surface area contributed by atoms with Gasteiger partial charge in [0.15, 0.2) is 11.5 Å². The SMILES string of the molecule is O=C(O)Nn1nc(-c2ccc(Cl)cc2)c(-c2ccccc2C(=O)CC2CCCCC2)c1C(=O)NNC(=O)c1cccnc1. The fraction of sp³-hybridized carbons (Fsp3) is 0.226. The minimum absolute atomic E-state index is 0.0836. The summed E-state index contributed by atoms with van der Waals surface area (Å²) in [6.45, 7) is 0. The first-order valence-electron chi connectivity index (χ1n) is 13.8. The third-order valence-corrected chi connectivity index (χ3v) is 7.58. The Morgan fingerprint density at radius 3 is 2.33 bits per heavy atom. The van der Waals surface area contributed by atoms with Crippen LogP contribution in [0.4, 0.5) is 4.79 Å². The number of hydrazine groups is 1. The van der Waals surface area contributed by atoms with Crippen LogP contribution in [0.5, 0.6) is 0 Å². The summed E-state index contributed by atoms with van der Waals surface area (Å²) < 4.78 is 0. The zero-order valence-corrected chi connectivity index (χ0v) is 23.8. The van der Waals surface area contributed by atoms with E-state index in [-0.39, 0.29) is 34.2 Å². The molecule has 0 aliphatic heterocycles. The number of carboxylic acid groups (broad SMARTS) is 1. The highest BCUT2D eigenvalue weighted by Crippen LogP contribution is 2.38. The van der Waals surface area contributed by atoms with E-state index in [0.717, 1.165) is 36.9 Å². The van der Waals surface area contributed by atoms with Gasteiger partial charge in [-0.15, -0.1) is 0 Å². The number of hydrogen-bond donors (Lipinski definition) is 4. The number of nitrogens with zero attached hydrogens (tertiary/aromatic N) is 3. The predicted octanol–water partition coefficient (Wildman–Crippen LogP) is 5.71. The number of benzene rings is 2. The zero-order chi connectivity index (χ0) is 30.3. The Kier molecular flexibility index (Phi) is 9.11. The van der Waals surface area contributed by atoms with E-state index < -0.39 is 17.9 Å². The summed E-state index contributed by atoms with van der Waals surface area (Å²) in [5.41, 5.74) is 8.49. The molecule has 2 aromatic heterocycles. The first-order chi connectivity index (χ1) is 20.8. The number of ketones is 1. The van der Waals surface area contributed by atoms with Crippen LogP contribution in [-0.2, 0) is 0 Å². The number of carbonyl (C=O) groups is 4. The number of halogens is 1. The van der Waals surface area contributed by atoms with E-state index in [9.17, 15) is 24.3 Å². The van der Waals surface area contributed by atoms with Gasteiger partial charge in [0, 0.05) is 40.5 Å². The number of hydrogen-bond acceptors (Lipinski definition) is 6. The molecule has 0 spiro atoms. The van der Waals surface area contributed by atoms with Gasteiger partial charge in [-0.1, -0.05) is 80.1 Å². The van der Waals surface area contributed by atoms with Gasteiger partial charge in [-0.2, -0.15) is 9.89 Å². The second-order valence-corrected chi connectivity index (χ2v) is 10.7. The molecule has 1 fully saturated rings. The van der Waals surface area contributed by atoms with Gasteiger partial charge in [0.2, 0.25) is 0 Å². The number of nitrogens with one attached hydrogen (secondary N) is 3. The second-order valence-electron chi connectivity index (χ2n) is 10.2. The van der Waals surface area contributed by atoms with Crippen molar-refractivity contribution in [3.63, 3.8) is 0 Å². The van der Waals surface area contributed by atoms with Crippen molar-refractivity contribution in [3.05, 3.63) is 94.9 Å². The van der Waals surface area contributed by atoms with Crippen molar-refractivity contribution >= 4 is 35.3 Å². The third kappa shape index (κ3) is 6.90. The number of carbonyl (C=O) groups excluding carboxylic acids is 3. The second kappa shape index (κ2) is 13.3. The molecule has 43 heavy (non-hydrogen) atoms. The van der Waals surface area contributed by atoms with E-state index in [1.54, 1.807) is 54.6 Å². The van der Waals surface area contributed by atoms with Crippen molar-refractivity contribution < 1.29 is 24.3 Å². The monoisotopic (exact) mass is 600 g/mol. The summed E-state index contributed by atoms with van der Waals surface area (Å²) in [4.78, 5) is 56.6. The third-order valence-electron chi connectivity index (χ3n) is 7.33. The van der Waals surface area contributed by atoms with Crippen LogP contribution in [0.1, 0.15) is 69.7 Å². The summed E-state index contributed by atoms with van der Waals surface area (Å²) >= 11 is 6.12. The van der Waals surface area contributed by atoms with Crippen LogP contribution in [0.15, 0.2) is 73.1 Å². The highest BCUT2D eigenvalue weighted by atomic mass is 35.5. The lowest BCUT2D eigenvalue weighted by atomic mass is 9.83. The van der Waals surface area contributed by atoms with Gasteiger partial charge >= 0.3 is 6.09 Å². The number of Topliss-reactive ketones (excluding diaryl/α,β-unsaturated/α-hetero) is 1. The Bertz CT molecular complexity index is 1650. The van der Waals surface area contributed by atoms with E-state index in [1.165, 1.54) is 18.5 Å². The van der Waals surface area contributed by atoms with Crippen LogP contribution < -0.4 is 16.3 Å². The van der Waals surface area contributed by atoms with Crippen LogP contribution in [0, 0.1) is 5.92 Å². The van der Waals surface area contributed by atoms with Crippen LogP contribution in [0.25, 0.3) is 22.4 Å². The molecular formula is C31H29ClN6O5. The van der Waals surface area contributed by atoms with E-state index in [0.29, 0.717) is 28.1 Å². The minimum Gasteiger partial charge on any atom is -0.464 e. The minimum atomic E-state index is -1.48. The summed E-state index contributed by atoms with van der Waals surface area (Å²) in [6.07, 6.45) is 7.01. The molecule has 3 amide bonds. The Hall–Kier alpha value is -5.03. The molecule has 11 nitrogen and oxygen atoms in total. The molecular weight excluding hydrogens is 572 g/mol. The largest absolute Gasteiger partial charge is 0.464 e. The number of pyridine rings is 1. The van der Waals surface area contributed by atoms with Gasteiger partial charge in [0.05, 0.1) is 5.56 Å². The standard InChI is InChI=1S/C31H29ClN6O5/c32-22-14-12-20(13-15-22)27-26(24-11-5-4-10-23(24)25(39)17-19-7-2-1-3-8-19)28(38(36-27)37-31(42)43)30(41)35-34-29(40)21-9-6-16-33-18-21/h4-6,9-16,18-19,37H,1-3,7-8,17H2,(H,34,40)(H,35,41)(H,42,43). The first-order valence-corrected chi connectivity index (χ1v) is 14.2. The van der Waals surface area contributed by atoms with Crippen LogP contribution in [0.3, 0.4) is 0 Å². The first kappa shape index (κ1) is 29.5. The quantitative estimate of drug-likeness (QED) is 0.149. The number of aromatic nitrogens is 3. The maximum absolute atomic E-state index is 13.7. The van der Waals surface area contributed by atoms with Crippen LogP contribution in [-0.4, -0.2) is 43.7 Å². The molecule has 5 rings (SSSR count). The summed E-state index contributed by atoms with van der Waals surface area (Å²) in [5, 5.41) is 14.5. The molecule has 0 bridgehead atoms. The highest BCUT2D eigenvalue weighted by Gasteiger charge is 2.30. The van der Waals surface area contributed by atoms with Gasteiger partial charge in [0.1, 0.15) is 5.69 Å². The maximum atomic E-state index is 13.7. The molecule has 1 aliphatic rings. The van der Waals surface area contributed by atoms with Crippen molar-refractivity contribution in [2.75, 3.05) is 5.43 Å². The van der Waals surface area contributed by atoms with Crippen molar-refractivity contribution in [2.45, 2.75) is 38.5 Å². The van der Waals surface area contributed by atoms with E-state index in [1.807, 2.05) is 0 Å². The molecule has 4 aromatic rings. The Morgan fingerprint density at radius 1 is 0.907 bits per heavy atom. The van der Waals surface area contributed by atoms with Crippen LogP contribution in [0.2, 0.25) is 5.02 Å². The number of rotatable bonds is 8. The Labute approximate surface area is 252 Å². The highest BCUT2D eigenvalue weighted by molar-refractivity contribution is 6.30. The average molecular weight is 601 g/mol. The average Bonchev–Trinajstić information content (AvgIpc) is 3.39. The molecule has 12 heteroatoms. The van der Waals surface area contributed by atoms with Crippen molar-refractivity contribution in [1.29, 1.82) is 0 Å². The molecule has 4 N–H and O–H groups in total. The lowest BCUT2D eigenvalue weighted by molar-refractivity contribution is 0.0841. The van der Waals surface area contributed by atoms with Gasteiger partial charge in [-0.05, 0) is 35.7 Å². The Balaban J connectivity index is 1.61. The molecule has 1 saturated carbocycles. The topological polar surface area (TPSA) is 155 Å². The van der Waals surface area contributed by atoms with E-state index in [4.69, 9.17) is 11.6 Å². The zero-order valence-electron chi connectivity index (χ0n) is 23.0. The molecule has 2 aromatic carbocycles. The molecule has 1 aliphatic carbocycles. The maximum Gasteiger partial charge on any atom is 0.425 e. The summed E-state index contributed by atoms with van der Waals surface area (Å²) in [5.74, 6) is -1.32. The molecule has 0 saturated heterocycles. The lowest BCUT2D eigenvalue weighted by Gasteiger charge is -2.21. The van der Waals surface area contributed by atoms with Gasteiger partial charge in [0.25, 0.3) is 11.8 Å². The number of amides is 3. The smallest absolute Gasteiger partial charge is 0.425 e. The van der Waals surface area contributed by atoms with Crippen LogP contribution >= 0.6 is 11.6 Å². The summed E-state index contributed by atoms with van der Waals surface area (Å²) in [7, 11) is 0. The van der Waals surface area contributed by atoms with Crippen molar-refractivity contribution in [2.24, 2.45) is 5.92 Å². The van der Waals surface area contributed by atoms with E-state index >= 15 is 0 Å². The molecule has 0 radical (unpaired) electrons. The Morgan fingerprint density at radius 2 is 1.63 bits per heavy atom. The lowest BCUT2D eigenvalue weighted by Crippen LogP contribution is -2.43. The van der Waals surface area contributed by atoms with Crippen molar-refractivity contribution in [3.8, 4) is 22.4 Å². The van der Waals surface area contributed by atoms with Gasteiger partial charge in [-0.3, -0.25) is 30.2 Å². The van der Waals surface area contributed by atoms with E-state index in [2.05, 4.69) is 26.4 Å². The predicted molar refractivity (Wildman–Crippen MR) is 160 cm³/mol. The fourth-order valence-corrected chi connectivity index (χ4v) is 5.44. The molecule has 2 heterocycles.